The summed E-state index contributed by atoms with van der Waals surface area (Å²) in [7, 11) is 0. The fourth-order valence-corrected chi connectivity index (χ4v) is 2.63. The van der Waals surface area contributed by atoms with E-state index in [1.165, 1.54) is 6.42 Å². The van der Waals surface area contributed by atoms with Crippen LogP contribution in [0, 0.1) is 5.92 Å². The van der Waals surface area contributed by atoms with Crippen LogP contribution in [0.25, 0.3) is 0 Å². The van der Waals surface area contributed by atoms with Crippen LogP contribution in [0.5, 0.6) is 5.75 Å². The zero-order valence-corrected chi connectivity index (χ0v) is 12.9. The summed E-state index contributed by atoms with van der Waals surface area (Å²) in [5.74, 6) is 0.289. The SMILES string of the molecule is C[C@H]1CCCC[C@@H]1NC(=O)COC(=O)COc1ccccc1. The fourth-order valence-electron chi connectivity index (χ4n) is 2.63. The molecule has 120 valence electrons. The van der Waals surface area contributed by atoms with Crippen LogP contribution < -0.4 is 10.1 Å². The van der Waals surface area contributed by atoms with Gasteiger partial charge in [-0.3, -0.25) is 4.79 Å². The lowest BCUT2D eigenvalue weighted by Gasteiger charge is -2.29. The van der Waals surface area contributed by atoms with Gasteiger partial charge in [-0.25, -0.2) is 4.79 Å². The normalized spacial score (nSPS) is 21.0. The van der Waals surface area contributed by atoms with E-state index in [9.17, 15) is 9.59 Å². The van der Waals surface area contributed by atoms with E-state index in [1.54, 1.807) is 12.1 Å². The zero-order chi connectivity index (χ0) is 15.8. The fraction of sp³-hybridized carbons (Fsp3) is 0.529. The van der Waals surface area contributed by atoms with E-state index in [-0.39, 0.29) is 25.2 Å². The van der Waals surface area contributed by atoms with Gasteiger partial charge in [0.1, 0.15) is 5.75 Å². The van der Waals surface area contributed by atoms with Crippen molar-refractivity contribution in [3.63, 3.8) is 0 Å². The van der Waals surface area contributed by atoms with Gasteiger partial charge in [0.25, 0.3) is 5.91 Å². The Hall–Kier alpha value is -2.04. The molecule has 1 N–H and O–H groups in total. The summed E-state index contributed by atoms with van der Waals surface area (Å²) in [5, 5.41) is 2.94. The molecule has 0 bridgehead atoms. The predicted octanol–water partition coefficient (Wildman–Crippen LogP) is 2.30. The lowest BCUT2D eigenvalue weighted by molar-refractivity contribution is -0.150. The third-order valence-electron chi connectivity index (χ3n) is 3.92. The molecule has 5 heteroatoms. The molecule has 1 aliphatic rings. The Labute approximate surface area is 131 Å². The number of rotatable bonds is 6. The van der Waals surface area contributed by atoms with Gasteiger partial charge in [0.05, 0.1) is 0 Å². The summed E-state index contributed by atoms with van der Waals surface area (Å²) in [4.78, 5) is 23.4. The molecule has 1 aromatic rings. The molecule has 0 spiro atoms. The van der Waals surface area contributed by atoms with E-state index in [0.717, 1.165) is 19.3 Å². The van der Waals surface area contributed by atoms with E-state index in [1.807, 2.05) is 18.2 Å². The molecule has 1 amide bonds. The van der Waals surface area contributed by atoms with Gasteiger partial charge >= 0.3 is 5.97 Å². The molecular formula is C17H23NO4. The highest BCUT2D eigenvalue weighted by Crippen LogP contribution is 2.23. The van der Waals surface area contributed by atoms with Gasteiger partial charge in [0.15, 0.2) is 13.2 Å². The monoisotopic (exact) mass is 305 g/mol. The maximum Gasteiger partial charge on any atom is 0.344 e. The number of hydrogen-bond donors (Lipinski definition) is 1. The van der Waals surface area contributed by atoms with Gasteiger partial charge in [-0.2, -0.15) is 0 Å². The molecular weight excluding hydrogens is 282 g/mol. The predicted molar refractivity (Wildman–Crippen MR) is 82.5 cm³/mol. The maximum atomic E-state index is 11.8. The molecule has 2 rings (SSSR count). The Kier molecular flexibility index (Phi) is 6.25. The van der Waals surface area contributed by atoms with E-state index in [0.29, 0.717) is 11.7 Å². The molecule has 1 aliphatic carbocycles. The standard InChI is InChI=1S/C17H23NO4/c1-13-7-5-6-10-15(13)18-16(19)11-22-17(20)12-21-14-8-3-2-4-9-14/h2-4,8-9,13,15H,5-7,10-12H2,1H3,(H,18,19)/t13-,15-/m0/s1. The number of hydrogen-bond acceptors (Lipinski definition) is 4. The second kappa shape index (κ2) is 8.41. The van der Waals surface area contributed by atoms with Crippen LogP contribution in [0.3, 0.4) is 0 Å². The average Bonchev–Trinajstić information content (AvgIpc) is 2.54. The quantitative estimate of drug-likeness (QED) is 0.819. The van der Waals surface area contributed by atoms with Crippen LogP contribution >= 0.6 is 0 Å². The molecule has 2 atom stereocenters. The van der Waals surface area contributed by atoms with Gasteiger partial charge < -0.3 is 14.8 Å². The Morgan fingerprint density at radius 2 is 1.86 bits per heavy atom. The van der Waals surface area contributed by atoms with Gasteiger partial charge in [-0.1, -0.05) is 38.0 Å². The zero-order valence-electron chi connectivity index (χ0n) is 12.9. The lowest BCUT2D eigenvalue weighted by Crippen LogP contribution is -2.43. The van der Waals surface area contributed by atoms with Crippen molar-refractivity contribution in [3.05, 3.63) is 30.3 Å². The number of benzene rings is 1. The Balaban J connectivity index is 1.64. The molecule has 0 heterocycles. The number of ether oxygens (including phenoxy) is 2. The Morgan fingerprint density at radius 3 is 2.59 bits per heavy atom. The first-order valence-corrected chi connectivity index (χ1v) is 7.78. The van der Waals surface area contributed by atoms with Crippen molar-refractivity contribution in [2.24, 2.45) is 5.92 Å². The highest BCUT2D eigenvalue weighted by molar-refractivity contribution is 5.81. The Morgan fingerprint density at radius 1 is 1.14 bits per heavy atom. The largest absolute Gasteiger partial charge is 0.482 e. The number of amides is 1. The molecule has 22 heavy (non-hydrogen) atoms. The highest BCUT2D eigenvalue weighted by Gasteiger charge is 2.23. The van der Waals surface area contributed by atoms with Crippen molar-refractivity contribution in [2.45, 2.75) is 38.6 Å². The molecule has 1 aromatic carbocycles. The summed E-state index contributed by atoms with van der Waals surface area (Å²) in [6.45, 7) is 1.70. The van der Waals surface area contributed by atoms with E-state index < -0.39 is 5.97 Å². The minimum Gasteiger partial charge on any atom is -0.482 e. The molecule has 0 unspecified atom stereocenters. The van der Waals surface area contributed by atoms with Crippen LogP contribution in [-0.4, -0.2) is 31.1 Å². The van der Waals surface area contributed by atoms with E-state index in [2.05, 4.69) is 12.2 Å². The molecule has 5 nitrogen and oxygen atoms in total. The molecule has 0 aromatic heterocycles. The van der Waals surface area contributed by atoms with Gasteiger partial charge in [-0.15, -0.1) is 0 Å². The van der Waals surface area contributed by atoms with Crippen LogP contribution in [0.4, 0.5) is 0 Å². The maximum absolute atomic E-state index is 11.8. The third-order valence-corrected chi connectivity index (χ3v) is 3.92. The van der Waals surface area contributed by atoms with E-state index in [4.69, 9.17) is 9.47 Å². The third kappa shape index (κ3) is 5.39. The first-order chi connectivity index (χ1) is 10.6. The first-order valence-electron chi connectivity index (χ1n) is 7.78. The van der Waals surface area contributed by atoms with E-state index >= 15 is 0 Å². The minimum absolute atomic E-state index is 0.195. The summed E-state index contributed by atoms with van der Waals surface area (Å²) < 4.78 is 10.2. The van der Waals surface area contributed by atoms with Crippen LogP contribution in [0.2, 0.25) is 0 Å². The van der Waals surface area contributed by atoms with Crippen molar-refractivity contribution in [3.8, 4) is 5.75 Å². The van der Waals surface area contributed by atoms with Gasteiger partial charge in [0.2, 0.25) is 0 Å². The first kappa shape index (κ1) is 16.3. The molecule has 1 saturated carbocycles. The van der Waals surface area contributed by atoms with Crippen molar-refractivity contribution < 1.29 is 19.1 Å². The molecule has 1 fully saturated rings. The highest BCUT2D eigenvalue weighted by atomic mass is 16.6. The number of carbonyl (C=O) groups is 2. The van der Waals surface area contributed by atoms with Crippen LogP contribution in [0.1, 0.15) is 32.6 Å². The number of carbonyl (C=O) groups excluding carboxylic acids is 2. The average molecular weight is 305 g/mol. The van der Waals surface area contributed by atoms with Crippen molar-refractivity contribution in [1.29, 1.82) is 0 Å². The van der Waals surface area contributed by atoms with Crippen molar-refractivity contribution >= 4 is 11.9 Å². The number of para-hydroxylation sites is 1. The van der Waals surface area contributed by atoms with Gasteiger partial charge in [-0.05, 0) is 30.9 Å². The number of esters is 1. The summed E-state index contributed by atoms with van der Waals surface area (Å²) in [6.07, 6.45) is 4.49. The second-order valence-corrected chi connectivity index (χ2v) is 5.70. The second-order valence-electron chi connectivity index (χ2n) is 5.70. The Bertz CT molecular complexity index is 489. The molecule has 0 aliphatic heterocycles. The molecule has 0 saturated heterocycles. The molecule has 0 radical (unpaired) electrons. The topological polar surface area (TPSA) is 64.6 Å². The minimum atomic E-state index is -0.546. The van der Waals surface area contributed by atoms with Crippen LogP contribution in [-0.2, 0) is 14.3 Å². The van der Waals surface area contributed by atoms with Gasteiger partial charge in [0, 0.05) is 6.04 Å². The number of nitrogens with one attached hydrogen (secondary N) is 1. The summed E-state index contributed by atoms with van der Waals surface area (Å²) in [6, 6.07) is 9.20. The summed E-state index contributed by atoms with van der Waals surface area (Å²) in [5.41, 5.74) is 0. The lowest BCUT2D eigenvalue weighted by atomic mass is 9.86. The van der Waals surface area contributed by atoms with Crippen molar-refractivity contribution in [2.75, 3.05) is 13.2 Å². The smallest absolute Gasteiger partial charge is 0.344 e. The van der Waals surface area contributed by atoms with Crippen molar-refractivity contribution in [1.82, 2.24) is 5.32 Å². The van der Waals surface area contributed by atoms with Crippen LogP contribution in [0.15, 0.2) is 30.3 Å². The summed E-state index contributed by atoms with van der Waals surface area (Å²) >= 11 is 0.